The number of amides is 2. The number of hydrogen-bond acceptors (Lipinski definition) is 4. The molecule has 0 aliphatic carbocycles. The van der Waals surface area contributed by atoms with Crippen molar-refractivity contribution in [2.45, 2.75) is 19.1 Å². The Morgan fingerprint density at radius 3 is 2.70 bits per heavy atom. The molecule has 2 unspecified atom stereocenters. The highest BCUT2D eigenvalue weighted by molar-refractivity contribution is 5.73. The van der Waals surface area contributed by atoms with Crippen molar-refractivity contribution >= 4 is 6.03 Å². The Labute approximate surface area is 133 Å². The SMILES string of the molecule is CC(CNC(=O)NCC(O)c1ccco1)Oc1ccccc1F. The predicted octanol–water partition coefficient (Wildman–Crippen LogP) is 2.22. The van der Waals surface area contributed by atoms with Crippen LogP contribution in [0.4, 0.5) is 9.18 Å². The minimum atomic E-state index is -0.914. The number of nitrogens with one attached hydrogen (secondary N) is 2. The molecular formula is C16H19FN2O4. The average molecular weight is 322 g/mol. The zero-order valence-corrected chi connectivity index (χ0v) is 12.7. The maximum atomic E-state index is 13.4. The number of ether oxygens (including phenoxy) is 1. The Balaban J connectivity index is 1.68. The summed E-state index contributed by atoms with van der Waals surface area (Å²) in [6.45, 7) is 1.92. The second-order valence-electron chi connectivity index (χ2n) is 4.98. The van der Waals surface area contributed by atoms with Crippen LogP contribution < -0.4 is 15.4 Å². The molecule has 2 aromatic rings. The molecule has 23 heavy (non-hydrogen) atoms. The minimum absolute atomic E-state index is 0.0158. The van der Waals surface area contributed by atoms with Crippen LogP contribution in [0.5, 0.6) is 5.75 Å². The van der Waals surface area contributed by atoms with E-state index in [1.807, 2.05) is 0 Å². The van der Waals surface area contributed by atoms with Gasteiger partial charge in [0.2, 0.25) is 0 Å². The number of aliphatic hydroxyl groups excluding tert-OH is 1. The molecule has 7 heteroatoms. The van der Waals surface area contributed by atoms with Crippen molar-refractivity contribution in [3.05, 3.63) is 54.2 Å². The third kappa shape index (κ3) is 5.30. The van der Waals surface area contributed by atoms with E-state index >= 15 is 0 Å². The highest BCUT2D eigenvalue weighted by atomic mass is 19.1. The van der Waals surface area contributed by atoms with Crippen LogP contribution in [0.2, 0.25) is 0 Å². The van der Waals surface area contributed by atoms with Gasteiger partial charge in [-0.25, -0.2) is 9.18 Å². The van der Waals surface area contributed by atoms with Crippen LogP contribution in [0.25, 0.3) is 0 Å². The van der Waals surface area contributed by atoms with Gasteiger partial charge in [-0.15, -0.1) is 0 Å². The standard InChI is InChI=1S/C16H19FN2O4/c1-11(23-14-6-3-2-5-12(14)17)9-18-16(21)19-10-13(20)15-7-4-8-22-15/h2-8,11,13,20H,9-10H2,1H3,(H2,18,19,21). The molecule has 124 valence electrons. The zero-order valence-electron chi connectivity index (χ0n) is 12.7. The van der Waals surface area contributed by atoms with E-state index in [0.717, 1.165) is 0 Å². The molecule has 1 aromatic heterocycles. The van der Waals surface area contributed by atoms with E-state index < -0.39 is 24.1 Å². The molecule has 2 atom stereocenters. The first-order valence-electron chi connectivity index (χ1n) is 7.20. The van der Waals surface area contributed by atoms with Crippen LogP contribution in [0.3, 0.4) is 0 Å². The van der Waals surface area contributed by atoms with E-state index in [0.29, 0.717) is 5.76 Å². The van der Waals surface area contributed by atoms with Gasteiger partial charge in [-0.1, -0.05) is 12.1 Å². The molecule has 0 fully saturated rings. The van der Waals surface area contributed by atoms with E-state index in [-0.39, 0.29) is 18.8 Å². The van der Waals surface area contributed by atoms with Gasteiger partial charge in [0, 0.05) is 0 Å². The van der Waals surface area contributed by atoms with Gasteiger partial charge in [-0.05, 0) is 31.2 Å². The summed E-state index contributed by atoms with van der Waals surface area (Å²) in [6.07, 6.45) is 0.121. The van der Waals surface area contributed by atoms with Crippen LogP contribution in [-0.2, 0) is 0 Å². The maximum absolute atomic E-state index is 13.4. The quantitative estimate of drug-likeness (QED) is 0.730. The number of para-hydroxylation sites is 1. The highest BCUT2D eigenvalue weighted by Crippen LogP contribution is 2.16. The number of benzene rings is 1. The third-order valence-electron chi connectivity index (χ3n) is 3.04. The summed E-state index contributed by atoms with van der Waals surface area (Å²) in [5, 5.41) is 14.9. The van der Waals surface area contributed by atoms with Crippen LogP contribution in [0, 0.1) is 5.82 Å². The van der Waals surface area contributed by atoms with Crippen LogP contribution in [0.1, 0.15) is 18.8 Å². The van der Waals surface area contributed by atoms with Gasteiger partial charge >= 0.3 is 6.03 Å². The number of aliphatic hydroxyl groups is 1. The second kappa shape index (κ2) is 8.19. The first-order valence-corrected chi connectivity index (χ1v) is 7.20. The third-order valence-corrected chi connectivity index (χ3v) is 3.04. The summed E-state index contributed by atoms with van der Waals surface area (Å²) in [7, 11) is 0. The number of carbonyl (C=O) groups is 1. The molecule has 1 heterocycles. The molecular weight excluding hydrogens is 303 g/mol. The molecule has 0 saturated heterocycles. The van der Waals surface area contributed by atoms with Crippen LogP contribution >= 0.6 is 0 Å². The van der Waals surface area contributed by atoms with Gasteiger partial charge < -0.3 is 24.9 Å². The predicted molar refractivity (Wildman–Crippen MR) is 81.6 cm³/mol. The number of halogens is 1. The molecule has 0 aliphatic rings. The lowest BCUT2D eigenvalue weighted by atomic mass is 10.3. The topological polar surface area (TPSA) is 83.7 Å². The van der Waals surface area contributed by atoms with E-state index in [2.05, 4.69) is 10.6 Å². The summed E-state index contributed by atoms with van der Waals surface area (Å²) >= 11 is 0. The van der Waals surface area contributed by atoms with E-state index in [4.69, 9.17) is 9.15 Å². The van der Waals surface area contributed by atoms with Crippen molar-refractivity contribution in [2.75, 3.05) is 13.1 Å². The average Bonchev–Trinajstić information content (AvgIpc) is 3.07. The molecule has 3 N–H and O–H groups in total. The summed E-state index contributed by atoms with van der Waals surface area (Å²) in [5.41, 5.74) is 0. The fourth-order valence-electron chi connectivity index (χ4n) is 1.87. The van der Waals surface area contributed by atoms with Crippen molar-refractivity contribution < 1.29 is 23.4 Å². The van der Waals surface area contributed by atoms with E-state index in [1.165, 1.54) is 18.4 Å². The Morgan fingerprint density at radius 1 is 1.26 bits per heavy atom. The van der Waals surface area contributed by atoms with Gasteiger partial charge in [0.15, 0.2) is 11.6 Å². The van der Waals surface area contributed by atoms with Crippen molar-refractivity contribution in [3.63, 3.8) is 0 Å². The normalized spacial score (nSPS) is 13.2. The monoisotopic (exact) mass is 322 g/mol. The number of carbonyl (C=O) groups excluding carboxylic acids is 1. The van der Waals surface area contributed by atoms with Crippen molar-refractivity contribution in [3.8, 4) is 5.75 Å². The fourth-order valence-corrected chi connectivity index (χ4v) is 1.87. The molecule has 0 saturated carbocycles. The van der Waals surface area contributed by atoms with Gasteiger partial charge in [-0.3, -0.25) is 0 Å². The molecule has 2 rings (SSSR count). The lowest BCUT2D eigenvalue weighted by Gasteiger charge is -2.16. The van der Waals surface area contributed by atoms with Gasteiger partial charge in [-0.2, -0.15) is 0 Å². The Hall–Kier alpha value is -2.54. The van der Waals surface area contributed by atoms with Crippen LogP contribution in [0.15, 0.2) is 47.1 Å². The number of rotatable bonds is 7. The summed E-state index contributed by atoms with van der Waals surface area (Å²) in [6, 6.07) is 8.88. The first-order chi connectivity index (χ1) is 11.1. The zero-order chi connectivity index (χ0) is 16.7. The van der Waals surface area contributed by atoms with Crippen molar-refractivity contribution in [1.29, 1.82) is 0 Å². The summed E-state index contributed by atoms with van der Waals surface area (Å²) in [5.74, 6) is 0.0578. The summed E-state index contributed by atoms with van der Waals surface area (Å²) in [4.78, 5) is 11.6. The van der Waals surface area contributed by atoms with E-state index in [9.17, 15) is 14.3 Å². The molecule has 0 bridgehead atoms. The fraction of sp³-hybridized carbons (Fsp3) is 0.312. The highest BCUT2D eigenvalue weighted by Gasteiger charge is 2.13. The van der Waals surface area contributed by atoms with Gasteiger partial charge in [0.25, 0.3) is 0 Å². The number of furan rings is 1. The van der Waals surface area contributed by atoms with Crippen molar-refractivity contribution in [2.24, 2.45) is 0 Å². The van der Waals surface area contributed by atoms with Gasteiger partial charge in [0.1, 0.15) is 18.0 Å². The lowest BCUT2D eigenvalue weighted by Crippen LogP contribution is -2.41. The van der Waals surface area contributed by atoms with E-state index in [1.54, 1.807) is 31.2 Å². The molecule has 0 spiro atoms. The smallest absolute Gasteiger partial charge is 0.315 e. The Bertz CT molecular complexity index is 618. The van der Waals surface area contributed by atoms with Crippen molar-refractivity contribution in [1.82, 2.24) is 10.6 Å². The largest absolute Gasteiger partial charge is 0.486 e. The molecule has 6 nitrogen and oxygen atoms in total. The maximum Gasteiger partial charge on any atom is 0.315 e. The Kier molecular flexibility index (Phi) is 5.99. The lowest BCUT2D eigenvalue weighted by molar-refractivity contribution is 0.147. The van der Waals surface area contributed by atoms with Gasteiger partial charge in [0.05, 0.1) is 19.4 Å². The number of urea groups is 1. The molecule has 0 aliphatic heterocycles. The molecule has 0 radical (unpaired) electrons. The minimum Gasteiger partial charge on any atom is -0.486 e. The molecule has 2 amide bonds. The summed E-state index contributed by atoms with van der Waals surface area (Å²) < 4.78 is 23.9. The number of hydrogen-bond donors (Lipinski definition) is 3. The Morgan fingerprint density at radius 2 is 2.00 bits per heavy atom. The van der Waals surface area contributed by atoms with Crippen LogP contribution in [-0.4, -0.2) is 30.3 Å². The molecule has 1 aromatic carbocycles. The first kappa shape index (κ1) is 16.8. The second-order valence-corrected chi connectivity index (χ2v) is 4.98.